The number of aromatic nitrogens is 1. The summed E-state index contributed by atoms with van der Waals surface area (Å²) in [5.74, 6) is 0.793. The molecule has 3 aromatic rings. The molecular weight excluding hydrogens is 464 g/mol. The van der Waals surface area contributed by atoms with Gasteiger partial charge in [-0.2, -0.15) is 8.42 Å². The molecular formula is C27H34N2O5S. The fourth-order valence-corrected chi connectivity index (χ4v) is 6.39. The first-order valence-corrected chi connectivity index (χ1v) is 13.6. The van der Waals surface area contributed by atoms with Crippen LogP contribution < -0.4 is 4.47 Å². The molecule has 4 rings (SSSR count). The van der Waals surface area contributed by atoms with Crippen molar-refractivity contribution in [3.8, 4) is 11.1 Å². The summed E-state index contributed by atoms with van der Waals surface area (Å²) < 4.78 is 39.5. The number of nitrogens with zero attached hydrogens (tertiary/aromatic N) is 2. The standard InChI is InChI=1S/C27H34N2O5S/c1-19-8-7-11-25(24-14-12-23(13-15-24)18-22-9-5-6-10-22)26(19)35(30,31)29(33-17-16-32-4)27-20(2)21(3)28-34-27/h7-8,11-15,22H,5-6,9-10,16-18H2,1-4H3. The molecule has 8 heteroatoms. The third kappa shape index (κ3) is 5.44. The summed E-state index contributed by atoms with van der Waals surface area (Å²) in [4.78, 5) is 5.88. The van der Waals surface area contributed by atoms with E-state index in [1.807, 2.05) is 24.3 Å². The van der Waals surface area contributed by atoms with Gasteiger partial charge in [-0.3, -0.25) is 4.84 Å². The van der Waals surface area contributed by atoms with Crippen LogP contribution in [0.5, 0.6) is 0 Å². The lowest BCUT2D eigenvalue weighted by molar-refractivity contribution is 0.0727. The Morgan fingerprint density at radius 2 is 1.74 bits per heavy atom. The Bertz CT molecular complexity index is 1250. The Kier molecular flexibility index (Phi) is 7.94. The van der Waals surface area contributed by atoms with Gasteiger partial charge < -0.3 is 9.26 Å². The highest BCUT2D eigenvalue weighted by atomic mass is 32.2. The molecule has 0 spiro atoms. The smallest absolute Gasteiger partial charge is 0.290 e. The number of benzene rings is 2. The summed E-state index contributed by atoms with van der Waals surface area (Å²) in [6.45, 7) is 5.56. The summed E-state index contributed by atoms with van der Waals surface area (Å²) in [5.41, 5.74) is 4.55. The zero-order valence-corrected chi connectivity index (χ0v) is 21.7. The van der Waals surface area contributed by atoms with Crippen molar-refractivity contribution in [2.75, 3.05) is 24.8 Å². The van der Waals surface area contributed by atoms with E-state index in [0.717, 1.165) is 22.4 Å². The number of ether oxygens (including phenoxy) is 1. The minimum atomic E-state index is -4.16. The lowest BCUT2D eigenvalue weighted by Gasteiger charge is -2.23. The molecule has 1 aliphatic carbocycles. The van der Waals surface area contributed by atoms with E-state index in [1.54, 1.807) is 26.8 Å². The highest BCUT2D eigenvalue weighted by Gasteiger charge is 2.34. The lowest BCUT2D eigenvalue weighted by atomic mass is 9.96. The van der Waals surface area contributed by atoms with Gasteiger partial charge in [0.05, 0.1) is 18.9 Å². The van der Waals surface area contributed by atoms with Crippen molar-refractivity contribution in [1.82, 2.24) is 5.16 Å². The second kappa shape index (κ2) is 10.9. The molecule has 0 saturated heterocycles. The van der Waals surface area contributed by atoms with Crippen LogP contribution in [0.1, 0.15) is 48.1 Å². The van der Waals surface area contributed by atoms with Gasteiger partial charge in [0.1, 0.15) is 4.90 Å². The zero-order chi connectivity index (χ0) is 25.0. The molecule has 0 amide bonds. The van der Waals surface area contributed by atoms with Gasteiger partial charge in [0.2, 0.25) is 0 Å². The fourth-order valence-electron chi connectivity index (χ4n) is 4.69. The van der Waals surface area contributed by atoms with Gasteiger partial charge in [0, 0.05) is 18.2 Å². The van der Waals surface area contributed by atoms with Crippen molar-refractivity contribution >= 4 is 15.9 Å². The maximum absolute atomic E-state index is 14.1. The van der Waals surface area contributed by atoms with Gasteiger partial charge in [0.25, 0.3) is 15.9 Å². The monoisotopic (exact) mass is 498 g/mol. The highest BCUT2D eigenvalue weighted by molar-refractivity contribution is 7.92. The van der Waals surface area contributed by atoms with Gasteiger partial charge in [0.15, 0.2) is 0 Å². The molecule has 0 N–H and O–H groups in total. The van der Waals surface area contributed by atoms with Crippen LogP contribution in [0.15, 0.2) is 51.9 Å². The Morgan fingerprint density at radius 1 is 1.03 bits per heavy atom. The number of methoxy groups -OCH3 is 1. The van der Waals surface area contributed by atoms with E-state index >= 15 is 0 Å². The molecule has 2 aromatic carbocycles. The number of aryl methyl sites for hydroxylation is 2. The molecule has 1 heterocycles. The molecule has 1 aromatic heterocycles. The summed E-state index contributed by atoms with van der Waals surface area (Å²) in [5, 5.41) is 3.93. The maximum atomic E-state index is 14.1. The van der Waals surface area contributed by atoms with E-state index in [4.69, 9.17) is 14.1 Å². The molecule has 1 aliphatic rings. The average Bonchev–Trinajstić information content (AvgIpc) is 3.47. The van der Waals surface area contributed by atoms with Crippen molar-refractivity contribution in [3.63, 3.8) is 0 Å². The third-order valence-corrected chi connectivity index (χ3v) is 8.51. The Balaban J connectivity index is 1.73. The second-order valence-corrected chi connectivity index (χ2v) is 10.9. The lowest BCUT2D eigenvalue weighted by Crippen LogP contribution is -2.33. The highest BCUT2D eigenvalue weighted by Crippen LogP contribution is 2.36. The van der Waals surface area contributed by atoms with E-state index in [9.17, 15) is 8.42 Å². The molecule has 0 radical (unpaired) electrons. The van der Waals surface area contributed by atoms with Gasteiger partial charge >= 0.3 is 0 Å². The van der Waals surface area contributed by atoms with Gasteiger partial charge in [-0.05, 0) is 49.8 Å². The van der Waals surface area contributed by atoms with E-state index < -0.39 is 10.0 Å². The topological polar surface area (TPSA) is 81.9 Å². The minimum Gasteiger partial charge on any atom is -0.382 e. The van der Waals surface area contributed by atoms with Crippen molar-refractivity contribution in [3.05, 3.63) is 64.8 Å². The molecule has 0 bridgehead atoms. The van der Waals surface area contributed by atoms with Gasteiger partial charge in [-0.25, -0.2) is 0 Å². The van der Waals surface area contributed by atoms with Crippen LogP contribution in [-0.2, 0) is 26.0 Å². The van der Waals surface area contributed by atoms with E-state index in [0.29, 0.717) is 22.4 Å². The summed E-state index contributed by atoms with van der Waals surface area (Å²) in [7, 11) is -2.63. The van der Waals surface area contributed by atoms with E-state index in [-0.39, 0.29) is 24.0 Å². The molecule has 1 fully saturated rings. The van der Waals surface area contributed by atoms with Crippen molar-refractivity contribution < 1.29 is 22.5 Å². The average molecular weight is 499 g/mol. The predicted molar refractivity (Wildman–Crippen MR) is 136 cm³/mol. The normalized spacial score (nSPS) is 14.5. The minimum absolute atomic E-state index is 0.0337. The number of anilines is 1. The Morgan fingerprint density at radius 3 is 2.37 bits per heavy atom. The molecule has 0 unspecified atom stereocenters. The first-order valence-electron chi connectivity index (χ1n) is 12.1. The van der Waals surface area contributed by atoms with E-state index in [1.165, 1.54) is 38.4 Å². The first kappa shape index (κ1) is 25.4. The quantitative estimate of drug-likeness (QED) is 0.261. The second-order valence-electron chi connectivity index (χ2n) is 9.26. The largest absolute Gasteiger partial charge is 0.382 e. The number of hydrogen-bond acceptors (Lipinski definition) is 6. The number of rotatable bonds is 10. The molecule has 1 saturated carbocycles. The summed E-state index contributed by atoms with van der Waals surface area (Å²) >= 11 is 0. The SMILES string of the molecule is COCCON(c1onc(C)c1C)S(=O)(=O)c1c(C)cccc1-c1ccc(CC2CCCC2)cc1. The van der Waals surface area contributed by atoms with Gasteiger partial charge in [-0.1, -0.05) is 73.3 Å². The molecule has 0 atom stereocenters. The predicted octanol–water partition coefficient (Wildman–Crippen LogP) is 5.77. The molecule has 188 valence electrons. The first-order chi connectivity index (χ1) is 16.8. The van der Waals surface area contributed by atoms with Crippen LogP contribution >= 0.6 is 0 Å². The van der Waals surface area contributed by atoms with Crippen LogP contribution in [0.2, 0.25) is 0 Å². The Labute approximate surface area is 208 Å². The van der Waals surface area contributed by atoms with Crippen LogP contribution in [0.3, 0.4) is 0 Å². The van der Waals surface area contributed by atoms with Crippen molar-refractivity contribution in [2.24, 2.45) is 5.92 Å². The number of hydrogen-bond donors (Lipinski definition) is 0. The molecule has 7 nitrogen and oxygen atoms in total. The maximum Gasteiger partial charge on any atom is 0.290 e. The zero-order valence-electron chi connectivity index (χ0n) is 20.9. The summed E-state index contributed by atoms with van der Waals surface area (Å²) in [6, 6.07) is 13.7. The van der Waals surface area contributed by atoms with Gasteiger partial charge in [-0.15, -0.1) is 4.47 Å². The van der Waals surface area contributed by atoms with E-state index in [2.05, 4.69) is 17.3 Å². The molecule has 0 aliphatic heterocycles. The Hall–Kier alpha value is -2.68. The van der Waals surface area contributed by atoms with Crippen LogP contribution in [-0.4, -0.2) is 33.9 Å². The molecule has 35 heavy (non-hydrogen) atoms. The summed E-state index contributed by atoms with van der Waals surface area (Å²) in [6.07, 6.45) is 6.30. The van der Waals surface area contributed by atoms with Crippen LogP contribution in [0, 0.1) is 26.7 Å². The van der Waals surface area contributed by atoms with Crippen molar-refractivity contribution in [1.29, 1.82) is 0 Å². The van der Waals surface area contributed by atoms with Crippen LogP contribution in [0.4, 0.5) is 5.88 Å². The third-order valence-electron chi connectivity index (χ3n) is 6.75. The fraction of sp³-hybridized carbons (Fsp3) is 0.444. The van der Waals surface area contributed by atoms with Crippen molar-refractivity contribution in [2.45, 2.75) is 57.8 Å². The number of sulfonamides is 1. The van der Waals surface area contributed by atoms with Crippen LogP contribution in [0.25, 0.3) is 11.1 Å².